The van der Waals surface area contributed by atoms with Gasteiger partial charge >= 0.3 is 5.97 Å². The predicted molar refractivity (Wildman–Crippen MR) is 110 cm³/mol. The van der Waals surface area contributed by atoms with Crippen molar-refractivity contribution in [3.8, 4) is 5.75 Å². The molecule has 1 saturated carbocycles. The van der Waals surface area contributed by atoms with E-state index in [0.717, 1.165) is 25.8 Å². The molecule has 6 rings (SSSR count). The van der Waals surface area contributed by atoms with Crippen LogP contribution in [0.2, 0.25) is 0 Å². The lowest BCUT2D eigenvalue weighted by Crippen LogP contribution is -2.61. The summed E-state index contributed by atoms with van der Waals surface area (Å²) in [5.74, 6) is -0.298. The summed E-state index contributed by atoms with van der Waals surface area (Å²) in [6.45, 7) is 1.07. The van der Waals surface area contributed by atoms with Gasteiger partial charge in [-0.3, -0.25) is 0 Å². The van der Waals surface area contributed by atoms with Gasteiger partial charge in [0.15, 0.2) is 6.10 Å². The molecule has 0 aromatic heterocycles. The molecule has 2 bridgehead atoms. The summed E-state index contributed by atoms with van der Waals surface area (Å²) in [5.41, 5.74) is 2.76. The van der Waals surface area contributed by atoms with Crippen molar-refractivity contribution >= 4 is 5.97 Å². The van der Waals surface area contributed by atoms with Crippen LogP contribution in [0.25, 0.3) is 0 Å². The quantitative estimate of drug-likeness (QED) is 0.549. The second-order valence-corrected chi connectivity index (χ2v) is 9.72. The standard InChI is InChI=1S/C23H31NO7/c1-24-9-8-23-7-6-14(24)10-13(23)4-2-12-3-5-15(11-16(12)23)30-22-19(27)17(25)18(26)20(31-22)21(28)29/h3,5,11,13-14,17-20,22,25-27H,2,4,6-10H2,1H3,(H,28,29)/t13-,14+,17+,18+,19-,20+,22-,23+/m1/s1. The molecule has 0 unspecified atom stereocenters. The molecule has 4 N–H and O–H groups in total. The molecule has 8 nitrogen and oxygen atoms in total. The number of aliphatic carboxylic acids is 1. The van der Waals surface area contributed by atoms with E-state index in [9.17, 15) is 25.2 Å². The van der Waals surface area contributed by atoms with Gasteiger partial charge in [0, 0.05) is 6.04 Å². The molecule has 3 heterocycles. The van der Waals surface area contributed by atoms with E-state index in [-0.39, 0.29) is 5.41 Å². The average Bonchev–Trinajstić information content (AvgIpc) is 3.01. The van der Waals surface area contributed by atoms with E-state index in [1.165, 1.54) is 30.4 Å². The van der Waals surface area contributed by atoms with Crippen LogP contribution in [-0.2, 0) is 21.4 Å². The van der Waals surface area contributed by atoms with Crippen LogP contribution in [0, 0.1) is 5.92 Å². The molecule has 5 aliphatic rings. The Morgan fingerprint density at radius 2 is 1.97 bits per heavy atom. The topological polar surface area (TPSA) is 120 Å². The number of fused-ring (bicyclic) bond motifs is 4. The number of rotatable bonds is 3. The third kappa shape index (κ3) is 3.36. The third-order valence-electron chi connectivity index (χ3n) is 8.24. The number of hydrogen-bond acceptors (Lipinski definition) is 7. The largest absolute Gasteiger partial charge is 0.479 e. The Morgan fingerprint density at radius 1 is 1.16 bits per heavy atom. The van der Waals surface area contributed by atoms with Crippen LogP contribution in [0.15, 0.2) is 18.2 Å². The van der Waals surface area contributed by atoms with E-state index < -0.39 is 36.7 Å². The summed E-state index contributed by atoms with van der Waals surface area (Å²) in [5, 5.41) is 39.5. The molecular formula is C23H31NO7. The number of aryl methyl sites for hydroxylation is 1. The Labute approximate surface area is 181 Å². The summed E-state index contributed by atoms with van der Waals surface area (Å²) in [4.78, 5) is 13.9. The number of aliphatic hydroxyl groups is 3. The van der Waals surface area contributed by atoms with Gasteiger partial charge in [-0.2, -0.15) is 0 Å². The van der Waals surface area contributed by atoms with Gasteiger partial charge in [0.1, 0.15) is 24.1 Å². The SMILES string of the molecule is CN1CC[C@@]23CC[C@H]1C[C@H]2CCc1ccc(O[C@@H]2O[C@H](C(=O)O)[C@@H](O)[C@H](O)[C@H]2O)cc13. The second-order valence-electron chi connectivity index (χ2n) is 9.72. The van der Waals surface area contributed by atoms with Crippen molar-refractivity contribution in [2.75, 3.05) is 13.6 Å². The average molecular weight is 434 g/mol. The third-order valence-corrected chi connectivity index (χ3v) is 8.24. The highest BCUT2D eigenvalue weighted by Gasteiger charge is 2.51. The summed E-state index contributed by atoms with van der Waals surface area (Å²) in [7, 11) is 2.22. The summed E-state index contributed by atoms with van der Waals surface area (Å²) in [6, 6.07) is 6.56. The first-order valence-electron chi connectivity index (χ1n) is 11.2. The van der Waals surface area contributed by atoms with Crippen LogP contribution < -0.4 is 4.74 Å². The normalized spacial score (nSPS) is 42.4. The lowest BCUT2D eigenvalue weighted by Gasteiger charge is -2.49. The number of nitrogens with zero attached hydrogens (tertiary/aromatic N) is 1. The van der Waals surface area contributed by atoms with Gasteiger partial charge in [-0.1, -0.05) is 6.07 Å². The Bertz CT molecular complexity index is 862. The lowest BCUT2D eigenvalue weighted by molar-refractivity contribution is -0.271. The van der Waals surface area contributed by atoms with E-state index in [2.05, 4.69) is 18.0 Å². The van der Waals surface area contributed by atoms with Crippen molar-refractivity contribution in [2.24, 2.45) is 5.92 Å². The number of carboxylic acid groups (broad SMARTS) is 1. The Morgan fingerprint density at radius 3 is 2.74 bits per heavy atom. The van der Waals surface area contributed by atoms with Gasteiger partial charge in [-0.05, 0) is 86.7 Å². The zero-order valence-electron chi connectivity index (χ0n) is 17.7. The fourth-order valence-corrected chi connectivity index (χ4v) is 6.40. The molecule has 0 amide bonds. The van der Waals surface area contributed by atoms with Crippen LogP contribution in [0.3, 0.4) is 0 Å². The first kappa shape index (κ1) is 21.2. The summed E-state index contributed by atoms with van der Waals surface area (Å²) >= 11 is 0. The van der Waals surface area contributed by atoms with Crippen LogP contribution in [0.4, 0.5) is 0 Å². The smallest absolute Gasteiger partial charge is 0.335 e. The zero-order valence-corrected chi connectivity index (χ0v) is 17.7. The zero-order chi connectivity index (χ0) is 21.9. The minimum absolute atomic E-state index is 0.125. The molecule has 4 fully saturated rings. The molecule has 170 valence electrons. The molecule has 31 heavy (non-hydrogen) atoms. The summed E-state index contributed by atoms with van der Waals surface area (Å²) in [6.07, 6.45) is -1.12. The van der Waals surface area contributed by atoms with Gasteiger partial charge in [-0.15, -0.1) is 0 Å². The van der Waals surface area contributed by atoms with Crippen LogP contribution in [0.1, 0.15) is 43.2 Å². The maximum Gasteiger partial charge on any atom is 0.335 e. The predicted octanol–water partition coefficient (Wildman–Crippen LogP) is 0.646. The monoisotopic (exact) mass is 433 g/mol. The van der Waals surface area contributed by atoms with Crippen molar-refractivity contribution in [3.05, 3.63) is 29.3 Å². The Hall–Kier alpha value is -1.71. The summed E-state index contributed by atoms with van der Waals surface area (Å²) < 4.78 is 11.2. The minimum Gasteiger partial charge on any atom is -0.479 e. The van der Waals surface area contributed by atoms with E-state index in [1.54, 1.807) is 0 Å². The number of carboxylic acids is 1. The van der Waals surface area contributed by atoms with E-state index in [0.29, 0.717) is 17.7 Å². The molecule has 2 aliphatic carbocycles. The first-order valence-corrected chi connectivity index (χ1v) is 11.2. The van der Waals surface area contributed by atoms with Crippen molar-refractivity contribution in [2.45, 2.75) is 80.7 Å². The molecule has 8 atom stereocenters. The van der Waals surface area contributed by atoms with Crippen molar-refractivity contribution in [3.63, 3.8) is 0 Å². The maximum absolute atomic E-state index is 11.4. The molecule has 0 radical (unpaired) electrons. The maximum atomic E-state index is 11.4. The fourth-order valence-electron chi connectivity index (χ4n) is 6.40. The fraction of sp³-hybridized carbons (Fsp3) is 0.696. The molecular weight excluding hydrogens is 402 g/mol. The number of ether oxygens (including phenoxy) is 2. The number of benzene rings is 1. The molecule has 1 aromatic rings. The van der Waals surface area contributed by atoms with Crippen LogP contribution in [0.5, 0.6) is 5.75 Å². The minimum atomic E-state index is -1.73. The number of aliphatic hydroxyl groups excluding tert-OH is 3. The van der Waals surface area contributed by atoms with Gasteiger partial charge in [0.2, 0.25) is 6.29 Å². The Balaban J connectivity index is 1.44. The van der Waals surface area contributed by atoms with Crippen LogP contribution in [-0.4, -0.2) is 81.6 Å². The molecule has 8 heteroatoms. The van der Waals surface area contributed by atoms with Gasteiger partial charge in [0.25, 0.3) is 0 Å². The molecule has 1 spiro atoms. The number of carbonyl (C=O) groups is 1. The highest BCUT2D eigenvalue weighted by Crippen LogP contribution is 2.55. The second kappa shape index (κ2) is 7.71. The van der Waals surface area contributed by atoms with Crippen molar-refractivity contribution in [1.29, 1.82) is 0 Å². The lowest BCUT2D eigenvalue weighted by atomic mass is 9.56. The molecule has 3 saturated heterocycles. The van der Waals surface area contributed by atoms with E-state index in [1.807, 2.05) is 12.1 Å². The molecule has 3 aliphatic heterocycles. The van der Waals surface area contributed by atoms with Gasteiger partial charge in [0.05, 0.1) is 0 Å². The first-order chi connectivity index (χ1) is 14.8. The van der Waals surface area contributed by atoms with E-state index >= 15 is 0 Å². The van der Waals surface area contributed by atoms with Crippen LogP contribution >= 0.6 is 0 Å². The van der Waals surface area contributed by atoms with Crippen molar-refractivity contribution < 1.29 is 34.7 Å². The number of hydrogen-bond donors (Lipinski definition) is 4. The highest BCUT2D eigenvalue weighted by atomic mass is 16.7. The Kier molecular flexibility index (Phi) is 5.26. The van der Waals surface area contributed by atoms with Crippen molar-refractivity contribution in [1.82, 2.24) is 4.90 Å². The highest BCUT2D eigenvalue weighted by molar-refractivity contribution is 5.73. The van der Waals surface area contributed by atoms with Gasteiger partial charge < -0.3 is 34.8 Å². The molecule has 1 aromatic carbocycles. The van der Waals surface area contributed by atoms with E-state index in [4.69, 9.17) is 9.47 Å². The van der Waals surface area contributed by atoms with Gasteiger partial charge in [-0.25, -0.2) is 4.79 Å².